The second kappa shape index (κ2) is 9.36. The largest absolute Gasteiger partial charge is 0.351 e. The molecule has 1 saturated heterocycles. The Labute approximate surface area is 192 Å². The molecule has 2 aromatic carbocycles. The Morgan fingerprint density at radius 3 is 2.33 bits per heavy atom. The summed E-state index contributed by atoms with van der Waals surface area (Å²) in [5.41, 5.74) is 3.64. The van der Waals surface area contributed by atoms with E-state index in [9.17, 15) is 4.79 Å². The van der Waals surface area contributed by atoms with E-state index in [0.717, 1.165) is 29.0 Å². The van der Waals surface area contributed by atoms with Crippen LogP contribution in [0.25, 0.3) is 11.2 Å². The van der Waals surface area contributed by atoms with Crippen LogP contribution in [0.4, 0.5) is 5.82 Å². The standard InChI is InChI=1S/C25H27N7O/c1-2-21(20-11-7-4-8-12-20)25(33)31-15-13-30(14-16-31)23-22-24(27-18-26-23)32(29-28-22)17-19-9-5-3-6-10-19/h3-12,18,21H,2,13-17H2,1H3/t21-/m0/s1. The number of carbonyl (C=O) groups is 1. The molecule has 0 spiro atoms. The Bertz CT molecular complexity index is 1220. The highest BCUT2D eigenvalue weighted by Gasteiger charge is 2.29. The van der Waals surface area contributed by atoms with Gasteiger partial charge in [-0.3, -0.25) is 4.79 Å². The molecule has 0 saturated carbocycles. The fraction of sp³-hybridized carbons (Fsp3) is 0.320. The van der Waals surface area contributed by atoms with Crippen LogP contribution in [0.5, 0.6) is 0 Å². The normalized spacial score (nSPS) is 15.1. The first-order valence-electron chi connectivity index (χ1n) is 11.4. The monoisotopic (exact) mass is 441 g/mol. The Kier molecular flexibility index (Phi) is 5.97. The van der Waals surface area contributed by atoms with Crippen LogP contribution in [0.3, 0.4) is 0 Å². The average Bonchev–Trinajstić information content (AvgIpc) is 3.29. The predicted molar refractivity (Wildman–Crippen MR) is 127 cm³/mol. The molecule has 0 bridgehead atoms. The first kappa shape index (κ1) is 21.1. The van der Waals surface area contributed by atoms with Gasteiger partial charge in [-0.25, -0.2) is 14.6 Å². The molecule has 1 amide bonds. The number of anilines is 1. The van der Waals surface area contributed by atoms with E-state index in [1.807, 2.05) is 53.4 Å². The van der Waals surface area contributed by atoms with Crippen LogP contribution in [0, 0.1) is 0 Å². The molecule has 168 valence electrons. The van der Waals surface area contributed by atoms with E-state index < -0.39 is 0 Å². The molecule has 8 nitrogen and oxygen atoms in total. The quantitative estimate of drug-likeness (QED) is 0.457. The van der Waals surface area contributed by atoms with Gasteiger partial charge in [0.25, 0.3) is 0 Å². The second-order valence-electron chi connectivity index (χ2n) is 8.29. The highest BCUT2D eigenvalue weighted by atomic mass is 16.2. The van der Waals surface area contributed by atoms with Crippen LogP contribution in [0.15, 0.2) is 67.0 Å². The van der Waals surface area contributed by atoms with Gasteiger partial charge in [-0.2, -0.15) is 0 Å². The zero-order valence-corrected chi connectivity index (χ0v) is 18.7. The molecule has 8 heteroatoms. The van der Waals surface area contributed by atoms with Crippen molar-refractivity contribution < 1.29 is 4.79 Å². The summed E-state index contributed by atoms with van der Waals surface area (Å²) >= 11 is 0. The molecule has 0 unspecified atom stereocenters. The first-order chi connectivity index (χ1) is 16.2. The van der Waals surface area contributed by atoms with Crippen molar-refractivity contribution in [3.63, 3.8) is 0 Å². The smallest absolute Gasteiger partial charge is 0.230 e. The van der Waals surface area contributed by atoms with E-state index in [-0.39, 0.29) is 11.8 Å². The highest BCUT2D eigenvalue weighted by Crippen LogP contribution is 2.25. The van der Waals surface area contributed by atoms with Gasteiger partial charge in [0.2, 0.25) is 5.91 Å². The van der Waals surface area contributed by atoms with Gasteiger partial charge >= 0.3 is 0 Å². The van der Waals surface area contributed by atoms with Gasteiger partial charge in [0.05, 0.1) is 12.5 Å². The van der Waals surface area contributed by atoms with E-state index >= 15 is 0 Å². The number of aromatic nitrogens is 5. The average molecular weight is 442 g/mol. The van der Waals surface area contributed by atoms with Gasteiger partial charge in [0.15, 0.2) is 17.0 Å². The minimum atomic E-state index is -0.0959. The topological polar surface area (TPSA) is 80.0 Å². The molecule has 1 aliphatic heterocycles. The molecule has 0 N–H and O–H groups in total. The Morgan fingerprint density at radius 2 is 1.64 bits per heavy atom. The Hall–Kier alpha value is -3.81. The highest BCUT2D eigenvalue weighted by molar-refractivity contribution is 5.85. The van der Waals surface area contributed by atoms with Crippen LogP contribution in [0.2, 0.25) is 0 Å². The number of hydrogen-bond donors (Lipinski definition) is 0. The summed E-state index contributed by atoms with van der Waals surface area (Å²) in [5, 5.41) is 8.72. The first-order valence-corrected chi connectivity index (χ1v) is 11.4. The van der Waals surface area contributed by atoms with Crippen LogP contribution < -0.4 is 4.90 Å². The number of rotatable bonds is 6. The molecule has 33 heavy (non-hydrogen) atoms. The summed E-state index contributed by atoms with van der Waals surface area (Å²) in [5.74, 6) is 0.882. The zero-order valence-electron chi connectivity index (χ0n) is 18.7. The lowest BCUT2D eigenvalue weighted by Gasteiger charge is -2.37. The molecular weight excluding hydrogens is 414 g/mol. The van der Waals surface area contributed by atoms with Crippen molar-refractivity contribution in [2.24, 2.45) is 0 Å². The van der Waals surface area contributed by atoms with Crippen LogP contribution in [0.1, 0.15) is 30.4 Å². The van der Waals surface area contributed by atoms with Gasteiger partial charge in [-0.1, -0.05) is 72.8 Å². The third kappa shape index (κ3) is 4.28. The van der Waals surface area contributed by atoms with Crippen molar-refractivity contribution in [1.29, 1.82) is 0 Å². The lowest BCUT2D eigenvalue weighted by atomic mass is 9.95. The third-order valence-electron chi connectivity index (χ3n) is 6.26. The molecule has 2 aromatic heterocycles. The maximum Gasteiger partial charge on any atom is 0.230 e. The number of piperazine rings is 1. The SMILES string of the molecule is CC[C@H](C(=O)N1CCN(c2ncnc3c2nnn3Cc2ccccc2)CC1)c1ccccc1. The number of nitrogens with zero attached hydrogens (tertiary/aromatic N) is 7. The summed E-state index contributed by atoms with van der Waals surface area (Å²) in [7, 11) is 0. The van der Waals surface area contributed by atoms with Crippen molar-refractivity contribution >= 4 is 22.9 Å². The van der Waals surface area contributed by atoms with Crippen molar-refractivity contribution in [2.45, 2.75) is 25.8 Å². The maximum atomic E-state index is 13.2. The van der Waals surface area contributed by atoms with Crippen molar-refractivity contribution in [3.05, 3.63) is 78.1 Å². The van der Waals surface area contributed by atoms with E-state index in [1.54, 1.807) is 11.0 Å². The maximum absolute atomic E-state index is 13.2. The molecule has 4 aromatic rings. The zero-order chi connectivity index (χ0) is 22.6. The van der Waals surface area contributed by atoms with Crippen LogP contribution in [-0.2, 0) is 11.3 Å². The van der Waals surface area contributed by atoms with E-state index in [1.165, 1.54) is 0 Å². The summed E-state index contributed by atoms with van der Waals surface area (Å²) in [6.07, 6.45) is 2.36. The van der Waals surface area contributed by atoms with E-state index in [2.05, 4.69) is 44.2 Å². The van der Waals surface area contributed by atoms with Gasteiger partial charge in [-0.05, 0) is 17.5 Å². The van der Waals surface area contributed by atoms with Gasteiger partial charge in [0, 0.05) is 26.2 Å². The third-order valence-corrected chi connectivity index (χ3v) is 6.26. The summed E-state index contributed by atoms with van der Waals surface area (Å²) in [6, 6.07) is 20.2. The number of amides is 1. The van der Waals surface area contributed by atoms with E-state index in [4.69, 9.17) is 0 Å². The minimum Gasteiger partial charge on any atom is -0.351 e. The molecule has 1 fully saturated rings. The molecule has 1 atom stereocenters. The molecular formula is C25H27N7O. The number of hydrogen-bond acceptors (Lipinski definition) is 6. The Morgan fingerprint density at radius 1 is 0.939 bits per heavy atom. The van der Waals surface area contributed by atoms with Crippen LogP contribution in [-0.4, -0.2) is 61.9 Å². The molecule has 1 aliphatic rings. The molecule has 5 rings (SSSR count). The fourth-order valence-corrected chi connectivity index (χ4v) is 4.47. The molecule has 3 heterocycles. The summed E-state index contributed by atoms with van der Waals surface area (Å²) in [4.78, 5) is 26.3. The fourth-order valence-electron chi connectivity index (χ4n) is 4.47. The summed E-state index contributed by atoms with van der Waals surface area (Å²) in [6.45, 7) is 5.40. The lowest BCUT2D eigenvalue weighted by molar-refractivity contribution is -0.133. The summed E-state index contributed by atoms with van der Waals surface area (Å²) < 4.78 is 1.81. The van der Waals surface area contributed by atoms with E-state index in [0.29, 0.717) is 38.2 Å². The number of fused-ring (bicyclic) bond motifs is 1. The van der Waals surface area contributed by atoms with Gasteiger partial charge in [-0.15, -0.1) is 5.10 Å². The number of benzene rings is 2. The predicted octanol–water partition coefficient (Wildman–Crippen LogP) is 3.11. The van der Waals surface area contributed by atoms with Crippen LogP contribution >= 0.6 is 0 Å². The van der Waals surface area contributed by atoms with Crippen molar-refractivity contribution in [3.8, 4) is 0 Å². The number of carbonyl (C=O) groups excluding carboxylic acids is 1. The second-order valence-corrected chi connectivity index (χ2v) is 8.29. The minimum absolute atomic E-state index is 0.0959. The van der Waals surface area contributed by atoms with Gasteiger partial charge < -0.3 is 9.80 Å². The molecule has 0 radical (unpaired) electrons. The van der Waals surface area contributed by atoms with Crippen molar-refractivity contribution in [2.75, 3.05) is 31.1 Å². The lowest BCUT2D eigenvalue weighted by Crippen LogP contribution is -2.50. The van der Waals surface area contributed by atoms with Crippen molar-refractivity contribution in [1.82, 2.24) is 29.9 Å². The molecule has 0 aliphatic carbocycles. The van der Waals surface area contributed by atoms with Gasteiger partial charge in [0.1, 0.15) is 6.33 Å². The Balaban J connectivity index is 1.30.